The Morgan fingerprint density at radius 2 is 2.08 bits per heavy atom. The third-order valence-corrected chi connectivity index (χ3v) is 2.11. The van der Waals surface area contributed by atoms with Crippen LogP contribution in [0.3, 0.4) is 0 Å². The van der Waals surface area contributed by atoms with Gasteiger partial charge in [-0.2, -0.15) is 5.10 Å². The Morgan fingerprint density at radius 1 is 1.33 bits per heavy atom. The Hall–Kier alpha value is -1.31. The second-order valence-corrected chi connectivity index (χ2v) is 3.14. The number of benzene rings is 1. The first-order chi connectivity index (χ1) is 5.86. The van der Waals surface area contributed by atoms with Crippen LogP contribution in [0.5, 0.6) is 0 Å². The van der Waals surface area contributed by atoms with Crippen LogP contribution in [0.4, 0.5) is 0 Å². The molecular weight excluding hydrogens is 148 g/mol. The van der Waals surface area contributed by atoms with Gasteiger partial charge in [0.15, 0.2) is 0 Å². The first kappa shape index (κ1) is 7.35. The molecule has 0 amide bonds. The van der Waals surface area contributed by atoms with Gasteiger partial charge < -0.3 is 5.43 Å². The van der Waals surface area contributed by atoms with Crippen LogP contribution in [-0.2, 0) is 0 Å². The van der Waals surface area contributed by atoms with E-state index in [2.05, 4.69) is 41.7 Å². The molecule has 1 atom stereocenters. The zero-order valence-electron chi connectivity index (χ0n) is 7.12. The summed E-state index contributed by atoms with van der Waals surface area (Å²) in [5.41, 5.74) is 5.61. The maximum absolute atomic E-state index is 4.16. The third-order valence-electron chi connectivity index (χ3n) is 2.11. The molecule has 0 aromatic heterocycles. The van der Waals surface area contributed by atoms with E-state index in [4.69, 9.17) is 0 Å². The molecule has 0 aliphatic carbocycles. The number of rotatable bonds is 1. The van der Waals surface area contributed by atoms with Crippen LogP contribution < -0.4 is 5.43 Å². The van der Waals surface area contributed by atoms with E-state index in [1.165, 1.54) is 11.3 Å². The van der Waals surface area contributed by atoms with Gasteiger partial charge >= 0.3 is 0 Å². The van der Waals surface area contributed by atoms with E-state index in [-0.39, 0.29) is 0 Å². The van der Waals surface area contributed by atoms with Gasteiger partial charge in [-0.3, -0.25) is 0 Å². The third kappa shape index (κ3) is 1.33. The van der Waals surface area contributed by atoms with Crippen molar-refractivity contribution in [2.24, 2.45) is 5.10 Å². The Kier molecular flexibility index (Phi) is 1.82. The molecule has 0 radical (unpaired) electrons. The fraction of sp³-hybridized carbons (Fsp3) is 0.300. The van der Waals surface area contributed by atoms with Gasteiger partial charge in [0, 0.05) is 12.1 Å². The summed E-state index contributed by atoms with van der Waals surface area (Å²) in [6.45, 7) is 2.05. The second kappa shape index (κ2) is 2.97. The summed E-state index contributed by atoms with van der Waals surface area (Å²) < 4.78 is 0. The molecule has 0 saturated heterocycles. The maximum atomic E-state index is 4.16. The Morgan fingerprint density at radius 3 is 2.67 bits per heavy atom. The smallest absolute Gasteiger partial charge is 0.0742 e. The highest BCUT2D eigenvalue weighted by atomic mass is 15.3. The van der Waals surface area contributed by atoms with Crippen LogP contribution in [0.1, 0.15) is 24.9 Å². The van der Waals surface area contributed by atoms with Crippen molar-refractivity contribution in [2.75, 3.05) is 0 Å². The summed E-state index contributed by atoms with van der Waals surface area (Å²) in [6, 6.07) is 10.8. The fourth-order valence-electron chi connectivity index (χ4n) is 1.45. The molecule has 2 nitrogen and oxygen atoms in total. The van der Waals surface area contributed by atoms with Gasteiger partial charge in [-0.05, 0) is 12.5 Å². The van der Waals surface area contributed by atoms with E-state index in [1.807, 2.05) is 6.07 Å². The lowest BCUT2D eigenvalue weighted by atomic mass is 10.0. The molecule has 2 heteroatoms. The summed E-state index contributed by atoms with van der Waals surface area (Å²) in [5.74, 6) is 0. The molecule has 0 bridgehead atoms. The van der Waals surface area contributed by atoms with E-state index in [0.29, 0.717) is 6.04 Å². The Labute approximate surface area is 72.3 Å². The van der Waals surface area contributed by atoms with Crippen LogP contribution in [0.2, 0.25) is 0 Å². The quantitative estimate of drug-likeness (QED) is 0.668. The second-order valence-electron chi connectivity index (χ2n) is 3.14. The van der Waals surface area contributed by atoms with Crippen molar-refractivity contribution < 1.29 is 0 Å². The molecular formula is C10H12N2. The van der Waals surface area contributed by atoms with Crippen molar-refractivity contribution in [3.05, 3.63) is 35.9 Å². The van der Waals surface area contributed by atoms with Gasteiger partial charge in [-0.15, -0.1) is 0 Å². The van der Waals surface area contributed by atoms with Crippen LogP contribution in [0, 0.1) is 0 Å². The summed E-state index contributed by atoms with van der Waals surface area (Å²) in [5, 5.41) is 4.16. The minimum Gasteiger partial charge on any atom is -0.302 e. The average Bonchev–Trinajstić information content (AvgIpc) is 2.54. The Bertz CT molecular complexity index is 290. The lowest BCUT2D eigenvalue weighted by molar-refractivity contribution is 0.620. The minimum atomic E-state index is 0.395. The standard InChI is InChI=1S/C10H12N2/c1-8-7-10(12-11-8)9-5-3-2-4-6-9/h2-6,10,12H,7H2,1H3/t10-/m1/s1. The van der Waals surface area contributed by atoms with E-state index in [1.54, 1.807) is 0 Å². The first-order valence-corrected chi connectivity index (χ1v) is 4.20. The van der Waals surface area contributed by atoms with E-state index < -0.39 is 0 Å². The number of nitrogens with one attached hydrogen (secondary N) is 1. The topological polar surface area (TPSA) is 24.4 Å². The highest BCUT2D eigenvalue weighted by Crippen LogP contribution is 2.20. The molecule has 0 saturated carbocycles. The van der Waals surface area contributed by atoms with E-state index in [0.717, 1.165) is 6.42 Å². The molecule has 12 heavy (non-hydrogen) atoms. The molecule has 1 heterocycles. The lowest BCUT2D eigenvalue weighted by Crippen LogP contribution is -2.09. The van der Waals surface area contributed by atoms with Crippen molar-refractivity contribution in [3.63, 3.8) is 0 Å². The van der Waals surface area contributed by atoms with E-state index in [9.17, 15) is 0 Å². The highest BCUT2D eigenvalue weighted by Gasteiger charge is 2.15. The summed E-state index contributed by atoms with van der Waals surface area (Å²) in [7, 11) is 0. The number of hydrazone groups is 1. The first-order valence-electron chi connectivity index (χ1n) is 4.20. The maximum Gasteiger partial charge on any atom is 0.0742 e. The van der Waals surface area contributed by atoms with Gasteiger partial charge in [0.1, 0.15) is 0 Å². The zero-order valence-corrected chi connectivity index (χ0v) is 7.12. The van der Waals surface area contributed by atoms with Gasteiger partial charge in [0.05, 0.1) is 6.04 Å². The van der Waals surface area contributed by atoms with Gasteiger partial charge in [0.25, 0.3) is 0 Å². The molecule has 2 rings (SSSR count). The molecule has 62 valence electrons. The number of hydrogen-bond donors (Lipinski definition) is 1. The molecule has 1 aliphatic heterocycles. The van der Waals surface area contributed by atoms with Crippen molar-refractivity contribution in [1.82, 2.24) is 5.43 Å². The van der Waals surface area contributed by atoms with Crippen molar-refractivity contribution in [2.45, 2.75) is 19.4 Å². The monoisotopic (exact) mass is 160 g/mol. The summed E-state index contributed by atoms with van der Waals surface area (Å²) in [6.07, 6.45) is 1.03. The normalized spacial score (nSPS) is 21.8. The van der Waals surface area contributed by atoms with Crippen LogP contribution >= 0.6 is 0 Å². The molecule has 0 fully saturated rings. The van der Waals surface area contributed by atoms with E-state index >= 15 is 0 Å². The predicted octanol–water partition coefficient (Wildman–Crippen LogP) is 2.10. The van der Waals surface area contributed by atoms with Crippen LogP contribution in [0.15, 0.2) is 35.4 Å². The number of hydrogen-bond acceptors (Lipinski definition) is 2. The van der Waals surface area contributed by atoms with Crippen molar-refractivity contribution in [1.29, 1.82) is 0 Å². The zero-order chi connectivity index (χ0) is 8.39. The largest absolute Gasteiger partial charge is 0.302 e. The molecule has 1 aromatic rings. The van der Waals surface area contributed by atoms with Gasteiger partial charge in [-0.1, -0.05) is 30.3 Å². The van der Waals surface area contributed by atoms with Crippen molar-refractivity contribution in [3.8, 4) is 0 Å². The molecule has 0 spiro atoms. The Balaban J connectivity index is 2.14. The van der Waals surface area contributed by atoms with Crippen LogP contribution in [-0.4, -0.2) is 5.71 Å². The number of nitrogens with zero attached hydrogens (tertiary/aromatic N) is 1. The SMILES string of the molecule is CC1=NN[C@@H](c2ccccc2)C1. The predicted molar refractivity (Wildman–Crippen MR) is 50.0 cm³/mol. The highest BCUT2D eigenvalue weighted by molar-refractivity contribution is 5.83. The van der Waals surface area contributed by atoms with Crippen LogP contribution in [0.25, 0.3) is 0 Å². The van der Waals surface area contributed by atoms with Gasteiger partial charge in [-0.25, -0.2) is 0 Å². The summed E-state index contributed by atoms with van der Waals surface area (Å²) >= 11 is 0. The lowest BCUT2D eigenvalue weighted by Gasteiger charge is -2.08. The molecule has 1 aromatic carbocycles. The molecule has 1 aliphatic rings. The minimum absolute atomic E-state index is 0.395. The van der Waals surface area contributed by atoms with Gasteiger partial charge in [0.2, 0.25) is 0 Å². The fourth-order valence-corrected chi connectivity index (χ4v) is 1.45. The van der Waals surface area contributed by atoms with Crippen molar-refractivity contribution >= 4 is 5.71 Å². The average molecular weight is 160 g/mol. The molecule has 0 unspecified atom stereocenters. The summed E-state index contributed by atoms with van der Waals surface area (Å²) in [4.78, 5) is 0. The molecule has 1 N–H and O–H groups in total.